The fourth-order valence-corrected chi connectivity index (χ4v) is 2.26. The van der Waals surface area contributed by atoms with E-state index in [4.69, 9.17) is 0 Å². The average Bonchev–Trinajstić information content (AvgIpc) is 2.79. The molecule has 1 heterocycles. The standard InChI is InChI=1S/C13H19FN2/c1-2-15-10-11-6-5-7-12(14)13(11)16-8-3-4-9-16/h5-7,15H,2-4,8-10H2,1H3. The second-order valence-electron chi connectivity index (χ2n) is 4.22. The molecule has 1 fully saturated rings. The van der Waals surface area contributed by atoms with Gasteiger partial charge in [0, 0.05) is 19.6 Å². The van der Waals surface area contributed by atoms with Crippen molar-refractivity contribution in [1.29, 1.82) is 0 Å². The largest absolute Gasteiger partial charge is 0.369 e. The van der Waals surface area contributed by atoms with E-state index >= 15 is 0 Å². The molecule has 2 rings (SSSR count). The van der Waals surface area contributed by atoms with Gasteiger partial charge in [-0.2, -0.15) is 0 Å². The van der Waals surface area contributed by atoms with Gasteiger partial charge in [-0.05, 0) is 31.0 Å². The van der Waals surface area contributed by atoms with Crippen molar-refractivity contribution in [2.24, 2.45) is 0 Å². The number of nitrogens with one attached hydrogen (secondary N) is 1. The van der Waals surface area contributed by atoms with E-state index in [9.17, 15) is 4.39 Å². The number of anilines is 1. The van der Waals surface area contributed by atoms with E-state index in [0.717, 1.165) is 37.4 Å². The van der Waals surface area contributed by atoms with E-state index in [2.05, 4.69) is 17.1 Å². The first-order valence-electron chi connectivity index (χ1n) is 6.06. The summed E-state index contributed by atoms with van der Waals surface area (Å²) in [4.78, 5) is 2.17. The molecule has 1 aliphatic heterocycles. The van der Waals surface area contributed by atoms with Gasteiger partial charge in [0.05, 0.1) is 5.69 Å². The molecule has 0 saturated carbocycles. The normalized spacial score (nSPS) is 15.8. The minimum atomic E-state index is -0.0858. The topological polar surface area (TPSA) is 15.3 Å². The van der Waals surface area contributed by atoms with Crippen molar-refractivity contribution in [2.75, 3.05) is 24.5 Å². The average molecular weight is 222 g/mol. The summed E-state index contributed by atoms with van der Waals surface area (Å²) in [6.45, 7) is 5.70. The SMILES string of the molecule is CCNCc1cccc(F)c1N1CCCC1. The molecule has 0 bridgehead atoms. The Morgan fingerprint density at radius 1 is 1.31 bits per heavy atom. The third-order valence-electron chi connectivity index (χ3n) is 3.06. The maximum atomic E-state index is 13.9. The summed E-state index contributed by atoms with van der Waals surface area (Å²) in [7, 11) is 0. The van der Waals surface area contributed by atoms with Gasteiger partial charge < -0.3 is 10.2 Å². The summed E-state index contributed by atoms with van der Waals surface area (Å²) in [5.74, 6) is -0.0858. The van der Waals surface area contributed by atoms with Crippen LogP contribution < -0.4 is 10.2 Å². The Labute approximate surface area is 96.5 Å². The summed E-state index contributed by atoms with van der Waals surface area (Å²) < 4.78 is 13.9. The molecule has 1 aromatic carbocycles. The second kappa shape index (κ2) is 5.30. The van der Waals surface area contributed by atoms with E-state index in [1.807, 2.05) is 6.07 Å². The molecule has 1 aliphatic rings. The van der Waals surface area contributed by atoms with Gasteiger partial charge in [0.1, 0.15) is 5.82 Å². The van der Waals surface area contributed by atoms with Crippen LogP contribution in [0.3, 0.4) is 0 Å². The lowest BCUT2D eigenvalue weighted by Crippen LogP contribution is -2.23. The Balaban J connectivity index is 2.24. The van der Waals surface area contributed by atoms with Gasteiger partial charge in [-0.25, -0.2) is 4.39 Å². The number of hydrogen-bond acceptors (Lipinski definition) is 2. The van der Waals surface area contributed by atoms with Crippen LogP contribution in [0.4, 0.5) is 10.1 Å². The molecule has 0 atom stereocenters. The van der Waals surface area contributed by atoms with Crippen LogP contribution in [-0.2, 0) is 6.54 Å². The van der Waals surface area contributed by atoms with Gasteiger partial charge in [-0.15, -0.1) is 0 Å². The third-order valence-corrected chi connectivity index (χ3v) is 3.06. The maximum absolute atomic E-state index is 13.9. The minimum Gasteiger partial charge on any atom is -0.369 e. The summed E-state index contributed by atoms with van der Waals surface area (Å²) in [6, 6.07) is 5.37. The molecule has 3 heteroatoms. The number of benzene rings is 1. The fraction of sp³-hybridized carbons (Fsp3) is 0.538. The van der Waals surface area contributed by atoms with Crippen LogP contribution >= 0.6 is 0 Å². The van der Waals surface area contributed by atoms with Gasteiger partial charge in [-0.1, -0.05) is 19.1 Å². The van der Waals surface area contributed by atoms with Crippen LogP contribution in [0.5, 0.6) is 0 Å². The van der Waals surface area contributed by atoms with E-state index in [1.54, 1.807) is 12.1 Å². The van der Waals surface area contributed by atoms with E-state index in [-0.39, 0.29) is 5.82 Å². The lowest BCUT2D eigenvalue weighted by atomic mass is 10.1. The molecule has 0 radical (unpaired) electrons. The zero-order valence-corrected chi connectivity index (χ0v) is 9.80. The predicted molar refractivity (Wildman–Crippen MR) is 65.2 cm³/mol. The lowest BCUT2D eigenvalue weighted by Gasteiger charge is -2.22. The quantitative estimate of drug-likeness (QED) is 0.842. The van der Waals surface area contributed by atoms with Gasteiger partial charge in [0.2, 0.25) is 0 Å². The molecule has 0 aromatic heterocycles. The third kappa shape index (κ3) is 2.35. The van der Waals surface area contributed by atoms with E-state index in [1.165, 1.54) is 12.8 Å². The van der Waals surface area contributed by atoms with Crippen LogP contribution in [0, 0.1) is 5.82 Å². The molecule has 1 saturated heterocycles. The van der Waals surface area contributed by atoms with Crippen molar-refractivity contribution in [3.05, 3.63) is 29.6 Å². The first kappa shape index (κ1) is 11.4. The molecule has 16 heavy (non-hydrogen) atoms. The highest BCUT2D eigenvalue weighted by molar-refractivity contribution is 5.55. The van der Waals surface area contributed by atoms with Gasteiger partial charge in [0.25, 0.3) is 0 Å². The van der Waals surface area contributed by atoms with Crippen molar-refractivity contribution in [2.45, 2.75) is 26.3 Å². The molecule has 2 nitrogen and oxygen atoms in total. The zero-order valence-electron chi connectivity index (χ0n) is 9.80. The lowest BCUT2D eigenvalue weighted by molar-refractivity contribution is 0.616. The summed E-state index contributed by atoms with van der Waals surface area (Å²) in [5, 5.41) is 3.26. The zero-order chi connectivity index (χ0) is 11.4. The number of rotatable bonds is 4. The molecule has 0 spiro atoms. The van der Waals surface area contributed by atoms with Crippen molar-refractivity contribution >= 4 is 5.69 Å². The fourth-order valence-electron chi connectivity index (χ4n) is 2.26. The molecule has 0 amide bonds. The number of para-hydroxylation sites is 1. The highest BCUT2D eigenvalue weighted by Crippen LogP contribution is 2.27. The Kier molecular flexibility index (Phi) is 3.78. The van der Waals surface area contributed by atoms with Crippen LogP contribution in [-0.4, -0.2) is 19.6 Å². The van der Waals surface area contributed by atoms with Gasteiger partial charge in [-0.3, -0.25) is 0 Å². The first-order chi connectivity index (χ1) is 7.83. The molecular formula is C13H19FN2. The highest BCUT2D eigenvalue weighted by atomic mass is 19.1. The van der Waals surface area contributed by atoms with Crippen molar-refractivity contribution < 1.29 is 4.39 Å². The Bertz CT molecular complexity index is 346. The van der Waals surface area contributed by atoms with Crippen molar-refractivity contribution in [1.82, 2.24) is 5.32 Å². The van der Waals surface area contributed by atoms with E-state index in [0.29, 0.717) is 0 Å². The van der Waals surface area contributed by atoms with Gasteiger partial charge >= 0.3 is 0 Å². The highest BCUT2D eigenvalue weighted by Gasteiger charge is 2.18. The first-order valence-corrected chi connectivity index (χ1v) is 6.06. The number of nitrogens with zero attached hydrogens (tertiary/aromatic N) is 1. The van der Waals surface area contributed by atoms with Gasteiger partial charge in [0.15, 0.2) is 0 Å². The molecule has 88 valence electrons. The van der Waals surface area contributed by atoms with Crippen molar-refractivity contribution in [3.63, 3.8) is 0 Å². The smallest absolute Gasteiger partial charge is 0.146 e. The summed E-state index contributed by atoms with van der Waals surface area (Å²) in [5.41, 5.74) is 1.88. The number of halogens is 1. The Hall–Kier alpha value is -1.09. The Morgan fingerprint density at radius 3 is 2.75 bits per heavy atom. The number of hydrogen-bond donors (Lipinski definition) is 1. The monoisotopic (exact) mass is 222 g/mol. The van der Waals surface area contributed by atoms with Crippen LogP contribution in [0.25, 0.3) is 0 Å². The summed E-state index contributed by atoms with van der Waals surface area (Å²) in [6.07, 6.45) is 2.35. The van der Waals surface area contributed by atoms with Crippen LogP contribution in [0.1, 0.15) is 25.3 Å². The van der Waals surface area contributed by atoms with Crippen LogP contribution in [0.2, 0.25) is 0 Å². The summed E-state index contributed by atoms with van der Waals surface area (Å²) >= 11 is 0. The Morgan fingerprint density at radius 2 is 2.06 bits per heavy atom. The van der Waals surface area contributed by atoms with Crippen molar-refractivity contribution in [3.8, 4) is 0 Å². The maximum Gasteiger partial charge on any atom is 0.146 e. The molecular weight excluding hydrogens is 203 g/mol. The second-order valence-corrected chi connectivity index (χ2v) is 4.22. The van der Waals surface area contributed by atoms with E-state index < -0.39 is 0 Å². The molecule has 0 unspecified atom stereocenters. The molecule has 1 aromatic rings. The van der Waals surface area contributed by atoms with Crippen LogP contribution in [0.15, 0.2) is 18.2 Å². The molecule has 0 aliphatic carbocycles. The minimum absolute atomic E-state index is 0.0858. The predicted octanol–water partition coefficient (Wildman–Crippen LogP) is 2.54. The molecule has 1 N–H and O–H groups in total.